The predicted molar refractivity (Wildman–Crippen MR) is 64.0 cm³/mol. The van der Waals surface area contributed by atoms with Crippen molar-refractivity contribution in [1.82, 2.24) is 14.7 Å². The second kappa shape index (κ2) is 4.15. The molecule has 0 fully saturated rings. The van der Waals surface area contributed by atoms with E-state index in [1.54, 1.807) is 29.9 Å². The van der Waals surface area contributed by atoms with Gasteiger partial charge in [0.1, 0.15) is 0 Å². The highest BCUT2D eigenvalue weighted by molar-refractivity contribution is 5.96. The maximum absolute atomic E-state index is 12.0. The van der Waals surface area contributed by atoms with Crippen LogP contribution in [0.4, 0.5) is 5.69 Å². The van der Waals surface area contributed by atoms with Gasteiger partial charge in [0, 0.05) is 26.8 Å². The quantitative estimate of drug-likeness (QED) is 0.818. The first-order chi connectivity index (χ1) is 7.20. The lowest BCUT2D eigenvalue weighted by Crippen LogP contribution is -2.35. The molecular weight excluding hydrogens is 204 g/mol. The number of amides is 1. The lowest BCUT2D eigenvalue weighted by atomic mass is 9.96. The van der Waals surface area contributed by atoms with E-state index in [-0.39, 0.29) is 11.3 Å². The van der Waals surface area contributed by atoms with Crippen molar-refractivity contribution in [1.29, 1.82) is 0 Å². The van der Waals surface area contributed by atoms with Crippen molar-refractivity contribution in [3.63, 3.8) is 0 Å². The molecule has 1 amide bonds. The molecule has 0 aliphatic heterocycles. The van der Waals surface area contributed by atoms with Crippen LogP contribution in [0.1, 0.15) is 31.3 Å². The number of rotatable bonds is 2. The minimum Gasteiger partial charge on any atom is -0.396 e. The van der Waals surface area contributed by atoms with Gasteiger partial charge in [-0.05, 0) is 5.41 Å². The molecule has 0 radical (unpaired) electrons. The third-order valence-corrected chi connectivity index (χ3v) is 2.12. The van der Waals surface area contributed by atoms with Crippen molar-refractivity contribution in [2.24, 2.45) is 12.5 Å². The molecule has 0 atom stereocenters. The van der Waals surface area contributed by atoms with Crippen LogP contribution in [0, 0.1) is 5.41 Å². The fourth-order valence-corrected chi connectivity index (χ4v) is 1.64. The summed E-state index contributed by atoms with van der Waals surface area (Å²) in [5, 5.41) is 4.06. The summed E-state index contributed by atoms with van der Waals surface area (Å²) in [6.45, 7) is 6.91. The zero-order valence-corrected chi connectivity index (χ0v) is 10.6. The predicted octanol–water partition coefficient (Wildman–Crippen LogP) is 1.12. The van der Waals surface area contributed by atoms with Crippen LogP contribution in [0.5, 0.6) is 0 Å². The molecule has 1 heterocycles. The molecule has 2 N–H and O–H groups in total. The monoisotopic (exact) mass is 224 g/mol. The molecule has 16 heavy (non-hydrogen) atoms. The van der Waals surface area contributed by atoms with Gasteiger partial charge in [-0.25, -0.2) is 0 Å². The Morgan fingerprint density at radius 3 is 2.50 bits per heavy atom. The Hall–Kier alpha value is -1.52. The highest BCUT2D eigenvalue weighted by Crippen LogP contribution is 2.17. The number of nitrogens with two attached hydrogens (primary N) is 1. The van der Waals surface area contributed by atoms with E-state index < -0.39 is 0 Å². The van der Waals surface area contributed by atoms with Crippen LogP contribution in [0.25, 0.3) is 0 Å². The van der Waals surface area contributed by atoms with E-state index in [9.17, 15) is 4.79 Å². The molecule has 1 rings (SSSR count). The molecule has 0 aliphatic rings. The summed E-state index contributed by atoms with van der Waals surface area (Å²) in [7, 11) is 3.51. The molecule has 0 unspecified atom stereocenters. The number of nitrogens with zero attached hydrogens (tertiary/aromatic N) is 3. The Morgan fingerprint density at radius 2 is 2.12 bits per heavy atom. The summed E-state index contributed by atoms with van der Waals surface area (Å²) >= 11 is 0. The number of hydrogen-bond acceptors (Lipinski definition) is 3. The van der Waals surface area contributed by atoms with Gasteiger partial charge < -0.3 is 10.6 Å². The van der Waals surface area contributed by atoms with Crippen molar-refractivity contribution in [2.45, 2.75) is 20.8 Å². The van der Waals surface area contributed by atoms with E-state index in [0.717, 1.165) is 0 Å². The molecule has 0 saturated heterocycles. The number of anilines is 1. The molecule has 5 heteroatoms. The third-order valence-electron chi connectivity index (χ3n) is 2.12. The average molecular weight is 224 g/mol. The number of aromatic nitrogens is 2. The van der Waals surface area contributed by atoms with Crippen LogP contribution in [0.2, 0.25) is 0 Å². The first-order valence-electron chi connectivity index (χ1n) is 5.25. The molecule has 5 nitrogen and oxygen atoms in total. The molecule has 0 aliphatic carbocycles. The zero-order chi connectivity index (χ0) is 12.5. The second-order valence-electron chi connectivity index (χ2n) is 5.33. The molecule has 1 aromatic rings. The van der Waals surface area contributed by atoms with E-state index >= 15 is 0 Å². The maximum Gasteiger partial charge on any atom is 0.276 e. The Bertz CT molecular complexity index is 389. The van der Waals surface area contributed by atoms with Gasteiger partial charge in [-0.3, -0.25) is 9.48 Å². The largest absolute Gasteiger partial charge is 0.396 e. The standard InChI is InChI=1S/C11H20N4O/c1-11(2,3)7-14(4)10(16)9-8(12)6-15(5)13-9/h6H,7,12H2,1-5H3. The topological polar surface area (TPSA) is 64.2 Å². The molecule has 0 saturated carbocycles. The maximum atomic E-state index is 12.0. The molecule has 0 bridgehead atoms. The number of aryl methyl sites for hydroxylation is 1. The van der Waals surface area contributed by atoms with Crippen LogP contribution < -0.4 is 5.73 Å². The van der Waals surface area contributed by atoms with Crippen molar-refractivity contribution >= 4 is 11.6 Å². The van der Waals surface area contributed by atoms with Crippen LogP contribution in [0.3, 0.4) is 0 Å². The first kappa shape index (κ1) is 12.5. The summed E-state index contributed by atoms with van der Waals surface area (Å²) in [5.41, 5.74) is 6.53. The fourth-order valence-electron chi connectivity index (χ4n) is 1.64. The first-order valence-corrected chi connectivity index (χ1v) is 5.25. The van der Waals surface area contributed by atoms with E-state index in [1.165, 1.54) is 0 Å². The highest BCUT2D eigenvalue weighted by Gasteiger charge is 2.22. The highest BCUT2D eigenvalue weighted by atomic mass is 16.2. The van der Waals surface area contributed by atoms with Crippen LogP contribution in [-0.2, 0) is 7.05 Å². The van der Waals surface area contributed by atoms with Crippen molar-refractivity contribution < 1.29 is 4.79 Å². The van der Waals surface area contributed by atoms with E-state index in [0.29, 0.717) is 17.9 Å². The van der Waals surface area contributed by atoms with Crippen molar-refractivity contribution in [2.75, 3.05) is 19.3 Å². The minimum absolute atomic E-state index is 0.0634. The minimum atomic E-state index is -0.131. The van der Waals surface area contributed by atoms with E-state index in [4.69, 9.17) is 5.73 Å². The van der Waals surface area contributed by atoms with Crippen molar-refractivity contribution in [3.05, 3.63) is 11.9 Å². The van der Waals surface area contributed by atoms with E-state index in [2.05, 4.69) is 25.9 Å². The Morgan fingerprint density at radius 1 is 1.56 bits per heavy atom. The van der Waals surface area contributed by atoms with Gasteiger partial charge in [-0.15, -0.1) is 0 Å². The van der Waals surface area contributed by atoms with Crippen LogP contribution >= 0.6 is 0 Å². The summed E-state index contributed by atoms with van der Waals surface area (Å²) in [4.78, 5) is 13.7. The SMILES string of the molecule is CN(CC(C)(C)C)C(=O)c1nn(C)cc1N. The summed E-state index contributed by atoms with van der Waals surface area (Å²) in [6.07, 6.45) is 1.64. The lowest BCUT2D eigenvalue weighted by Gasteiger charge is -2.26. The summed E-state index contributed by atoms with van der Waals surface area (Å²) < 4.78 is 1.55. The number of nitrogen functional groups attached to an aromatic ring is 1. The van der Waals surface area contributed by atoms with Gasteiger partial charge in [-0.2, -0.15) is 5.10 Å². The Labute approximate surface area is 96.2 Å². The average Bonchev–Trinajstić information content (AvgIpc) is 2.41. The van der Waals surface area contributed by atoms with E-state index in [1.807, 2.05) is 0 Å². The number of carbonyl (C=O) groups is 1. The van der Waals surface area contributed by atoms with Gasteiger partial charge in [0.2, 0.25) is 0 Å². The lowest BCUT2D eigenvalue weighted by molar-refractivity contribution is 0.0740. The number of carbonyl (C=O) groups excluding carboxylic acids is 1. The summed E-state index contributed by atoms with van der Waals surface area (Å²) in [6, 6.07) is 0. The Balaban J connectivity index is 2.82. The summed E-state index contributed by atoms with van der Waals surface area (Å²) in [5.74, 6) is -0.131. The second-order valence-corrected chi connectivity index (χ2v) is 5.33. The van der Waals surface area contributed by atoms with Crippen molar-refractivity contribution in [3.8, 4) is 0 Å². The van der Waals surface area contributed by atoms with Gasteiger partial charge >= 0.3 is 0 Å². The smallest absolute Gasteiger partial charge is 0.276 e. The van der Waals surface area contributed by atoms with Gasteiger partial charge in [0.05, 0.1) is 5.69 Å². The molecule has 90 valence electrons. The number of hydrogen-bond donors (Lipinski definition) is 1. The molecular formula is C11H20N4O. The van der Waals surface area contributed by atoms with Crippen LogP contribution in [0.15, 0.2) is 6.20 Å². The van der Waals surface area contributed by atoms with Gasteiger partial charge in [0.25, 0.3) is 5.91 Å². The van der Waals surface area contributed by atoms with Gasteiger partial charge in [-0.1, -0.05) is 20.8 Å². The molecule has 0 spiro atoms. The fraction of sp³-hybridized carbons (Fsp3) is 0.636. The molecule has 0 aromatic carbocycles. The molecule has 1 aromatic heterocycles. The third kappa shape index (κ3) is 2.98. The zero-order valence-electron chi connectivity index (χ0n) is 10.6. The normalized spacial score (nSPS) is 11.6. The Kier molecular flexibility index (Phi) is 3.26. The van der Waals surface area contributed by atoms with Crippen LogP contribution in [-0.4, -0.2) is 34.2 Å². The van der Waals surface area contributed by atoms with Gasteiger partial charge in [0.15, 0.2) is 5.69 Å².